The average molecular weight is 402 g/mol. The molecule has 0 unspecified atom stereocenters. The Labute approximate surface area is 163 Å². The Hall–Kier alpha value is -3.15. The van der Waals surface area contributed by atoms with Gasteiger partial charge in [0.05, 0.1) is 0 Å². The molecule has 4 aromatic carbocycles. The van der Waals surface area contributed by atoms with Crippen LogP contribution < -0.4 is 4.74 Å². The Morgan fingerprint density at radius 1 is 0.724 bits per heavy atom. The van der Waals surface area contributed by atoms with Gasteiger partial charge in [-0.1, -0.05) is 43.3 Å². The van der Waals surface area contributed by atoms with Gasteiger partial charge in [0.2, 0.25) is 0 Å². The summed E-state index contributed by atoms with van der Waals surface area (Å²) >= 11 is 0. The molecule has 0 amide bonds. The zero-order valence-electron chi connectivity index (χ0n) is 15.3. The van der Waals surface area contributed by atoms with Crippen molar-refractivity contribution in [3.63, 3.8) is 0 Å². The smallest absolute Gasteiger partial charge is 0.406 e. The summed E-state index contributed by atoms with van der Waals surface area (Å²) < 4.78 is 70.1. The van der Waals surface area contributed by atoms with Gasteiger partial charge < -0.3 is 4.74 Å². The van der Waals surface area contributed by atoms with Gasteiger partial charge in [0.15, 0.2) is 0 Å². The molecule has 0 N–H and O–H groups in total. The van der Waals surface area contributed by atoms with Crippen molar-refractivity contribution in [2.24, 2.45) is 0 Å². The summed E-state index contributed by atoms with van der Waals surface area (Å²) in [5, 5.41) is 1.73. The Bertz CT molecular complexity index is 1210. The lowest BCUT2D eigenvalue weighted by Gasteiger charge is -2.12. The highest BCUT2D eigenvalue weighted by atomic mass is 19.4. The van der Waals surface area contributed by atoms with Crippen LogP contribution in [0.5, 0.6) is 5.75 Å². The van der Waals surface area contributed by atoms with Crippen LogP contribution in [0.4, 0.5) is 22.0 Å². The molecular weight excluding hydrogens is 387 g/mol. The van der Waals surface area contributed by atoms with Crippen molar-refractivity contribution in [1.29, 1.82) is 0 Å². The van der Waals surface area contributed by atoms with Crippen molar-refractivity contribution < 1.29 is 26.7 Å². The lowest BCUT2D eigenvalue weighted by atomic mass is 9.95. The summed E-state index contributed by atoms with van der Waals surface area (Å²) in [6.45, 7) is 1.83. The molecule has 148 valence electrons. The number of fused-ring (bicyclic) bond motifs is 3. The second-order valence-corrected chi connectivity index (χ2v) is 6.68. The van der Waals surface area contributed by atoms with E-state index < -0.39 is 18.0 Å². The molecule has 0 radical (unpaired) electrons. The zero-order valence-corrected chi connectivity index (χ0v) is 15.3. The molecule has 0 aliphatic heterocycles. The van der Waals surface area contributed by atoms with E-state index in [1.54, 1.807) is 30.3 Å². The Balaban J connectivity index is 1.80. The minimum Gasteiger partial charge on any atom is -0.406 e. The zero-order chi connectivity index (χ0) is 20.8. The molecule has 4 aromatic rings. The van der Waals surface area contributed by atoms with E-state index in [2.05, 4.69) is 4.74 Å². The number of halogens is 5. The molecule has 1 nitrogen and oxygen atoms in total. The lowest BCUT2D eigenvalue weighted by Crippen LogP contribution is -2.16. The third kappa shape index (κ3) is 3.62. The quantitative estimate of drug-likeness (QED) is 0.256. The normalized spacial score (nSPS) is 11.9. The van der Waals surface area contributed by atoms with E-state index in [0.29, 0.717) is 39.3 Å². The van der Waals surface area contributed by atoms with Crippen LogP contribution in [0.25, 0.3) is 32.7 Å². The van der Waals surface area contributed by atoms with Crippen molar-refractivity contribution in [2.45, 2.75) is 19.7 Å². The maximum absolute atomic E-state index is 14.8. The number of aryl methyl sites for hydroxylation is 1. The third-order valence-electron chi connectivity index (χ3n) is 4.90. The van der Waals surface area contributed by atoms with E-state index in [-0.39, 0.29) is 11.1 Å². The van der Waals surface area contributed by atoms with Crippen molar-refractivity contribution in [3.8, 4) is 16.9 Å². The van der Waals surface area contributed by atoms with Gasteiger partial charge in [0.1, 0.15) is 17.4 Å². The first-order chi connectivity index (χ1) is 13.8. The summed E-state index contributed by atoms with van der Waals surface area (Å²) in [6, 6.07) is 15.0. The van der Waals surface area contributed by atoms with Gasteiger partial charge in [-0.25, -0.2) is 8.78 Å². The van der Waals surface area contributed by atoms with E-state index in [4.69, 9.17) is 0 Å². The second-order valence-electron chi connectivity index (χ2n) is 6.68. The summed E-state index contributed by atoms with van der Waals surface area (Å²) in [6.07, 6.45) is -4.25. The lowest BCUT2D eigenvalue weighted by molar-refractivity contribution is -0.274. The van der Waals surface area contributed by atoms with Gasteiger partial charge >= 0.3 is 6.36 Å². The highest BCUT2D eigenvalue weighted by Crippen LogP contribution is 2.34. The van der Waals surface area contributed by atoms with Crippen molar-refractivity contribution in [1.82, 2.24) is 0 Å². The van der Waals surface area contributed by atoms with Gasteiger partial charge in [0, 0.05) is 10.8 Å². The highest BCUT2D eigenvalue weighted by molar-refractivity contribution is 6.09. The van der Waals surface area contributed by atoms with E-state index in [1.165, 1.54) is 30.3 Å². The molecule has 0 bridgehead atoms. The molecule has 0 saturated carbocycles. The SMILES string of the molecule is CCc1ccc2c(cc(F)c3cc(-c4ccc(OC(F)(F)F)cc4)ccc32)c1F. The molecule has 0 spiro atoms. The fraction of sp³-hybridized carbons (Fsp3) is 0.130. The van der Waals surface area contributed by atoms with Crippen LogP contribution in [-0.4, -0.2) is 6.36 Å². The molecule has 0 aromatic heterocycles. The first kappa shape index (κ1) is 19.2. The molecule has 6 heteroatoms. The van der Waals surface area contributed by atoms with Crippen LogP contribution in [-0.2, 0) is 6.42 Å². The second kappa shape index (κ2) is 7.03. The number of hydrogen-bond acceptors (Lipinski definition) is 1. The summed E-state index contributed by atoms with van der Waals surface area (Å²) in [4.78, 5) is 0. The first-order valence-electron chi connectivity index (χ1n) is 8.96. The standard InChI is InChI=1S/C23H15F5O/c1-2-13-5-9-18-17-10-6-15(11-19(17)21(24)12-20(18)22(13)25)14-3-7-16(8-4-14)29-23(26,27)28/h3-12H,2H2,1H3. The van der Waals surface area contributed by atoms with E-state index in [1.807, 2.05) is 6.92 Å². The van der Waals surface area contributed by atoms with E-state index in [9.17, 15) is 22.0 Å². The Morgan fingerprint density at radius 3 is 2.00 bits per heavy atom. The topological polar surface area (TPSA) is 9.23 Å². The monoisotopic (exact) mass is 402 g/mol. The molecule has 29 heavy (non-hydrogen) atoms. The number of hydrogen-bond donors (Lipinski definition) is 0. The Morgan fingerprint density at radius 2 is 1.34 bits per heavy atom. The highest BCUT2D eigenvalue weighted by Gasteiger charge is 2.31. The van der Waals surface area contributed by atoms with Gasteiger partial charge in [0.25, 0.3) is 0 Å². The molecule has 0 saturated heterocycles. The summed E-state index contributed by atoms with van der Waals surface area (Å²) in [5.41, 5.74) is 1.75. The van der Waals surface area contributed by atoms with Crippen molar-refractivity contribution in [3.05, 3.63) is 77.9 Å². The van der Waals surface area contributed by atoms with Crippen LogP contribution in [0, 0.1) is 11.6 Å². The molecule has 0 atom stereocenters. The molecular formula is C23H15F5O. The minimum absolute atomic E-state index is 0.232. The Kier molecular flexibility index (Phi) is 4.65. The van der Waals surface area contributed by atoms with Crippen molar-refractivity contribution in [2.75, 3.05) is 0 Å². The fourth-order valence-electron chi connectivity index (χ4n) is 3.50. The molecule has 0 aliphatic carbocycles. The van der Waals surface area contributed by atoms with Gasteiger partial charge in [-0.2, -0.15) is 0 Å². The molecule has 0 heterocycles. The third-order valence-corrected chi connectivity index (χ3v) is 4.90. The summed E-state index contributed by atoms with van der Waals surface area (Å²) in [5.74, 6) is -1.31. The fourth-order valence-corrected chi connectivity index (χ4v) is 3.50. The number of benzene rings is 4. The minimum atomic E-state index is -4.76. The van der Waals surface area contributed by atoms with Gasteiger partial charge in [-0.3, -0.25) is 0 Å². The van der Waals surface area contributed by atoms with Crippen LogP contribution >= 0.6 is 0 Å². The predicted molar refractivity (Wildman–Crippen MR) is 103 cm³/mol. The number of ether oxygens (including phenoxy) is 1. The van der Waals surface area contributed by atoms with E-state index >= 15 is 0 Å². The van der Waals surface area contributed by atoms with E-state index in [0.717, 1.165) is 0 Å². The number of alkyl halides is 3. The van der Waals surface area contributed by atoms with Crippen LogP contribution in [0.3, 0.4) is 0 Å². The summed E-state index contributed by atoms with van der Waals surface area (Å²) in [7, 11) is 0. The van der Waals surface area contributed by atoms with Crippen LogP contribution in [0.15, 0.2) is 60.7 Å². The first-order valence-corrected chi connectivity index (χ1v) is 8.96. The average Bonchev–Trinajstić information content (AvgIpc) is 2.68. The van der Waals surface area contributed by atoms with Crippen molar-refractivity contribution >= 4 is 21.5 Å². The molecule has 0 aliphatic rings. The number of rotatable bonds is 3. The van der Waals surface area contributed by atoms with Gasteiger partial charge in [-0.15, -0.1) is 13.2 Å². The van der Waals surface area contributed by atoms with Crippen LogP contribution in [0.1, 0.15) is 12.5 Å². The maximum atomic E-state index is 14.8. The van der Waals surface area contributed by atoms with Gasteiger partial charge in [-0.05, 0) is 58.1 Å². The predicted octanol–water partition coefficient (Wildman–Crippen LogP) is 7.40. The largest absolute Gasteiger partial charge is 0.573 e. The molecule has 0 fully saturated rings. The van der Waals surface area contributed by atoms with Crippen LogP contribution in [0.2, 0.25) is 0 Å². The maximum Gasteiger partial charge on any atom is 0.573 e. The molecule has 4 rings (SSSR count).